The minimum Gasteiger partial charge on any atom is -0.463 e. The highest BCUT2D eigenvalue weighted by molar-refractivity contribution is 7.07. The molecule has 228 valence electrons. The molecule has 46 heavy (non-hydrogen) atoms. The van der Waals surface area contributed by atoms with Crippen molar-refractivity contribution < 1.29 is 24.0 Å². The van der Waals surface area contributed by atoms with E-state index >= 15 is 0 Å². The van der Waals surface area contributed by atoms with Crippen LogP contribution < -0.4 is 19.6 Å². The minimum absolute atomic E-state index is 0.0458. The number of carbonyl (C=O) groups is 2. The Balaban J connectivity index is 1.40. The number of aromatic nitrogens is 1. The molecule has 2 heterocycles. The van der Waals surface area contributed by atoms with Gasteiger partial charge in [-0.2, -0.15) is 0 Å². The van der Waals surface area contributed by atoms with Gasteiger partial charge in [0.2, 0.25) is 0 Å². The van der Waals surface area contributed by atoms with Crippen molar-refractivity contribution in [3.05, 3.63) is 167 Å². The van der Waals surface area contributed by atoms with Gasteiger partial charge >= 0.3 is 11.9 Å². The fourth-order valence-electron chi connectivity index (χ4n) is 5.09. The third-order valence-corrected chi connectivity index (χ3v) is 8.15. The van der Waals surface area contributed by atoms with Gasteiger partial charge in [-0.1, -0.05) is 90.2 Å². The molecule has 1 atom stereocenters. The third kappa shape index (κ3) is 6.04. The number of nitrogens with zero attached hydrogens (tertiary/aromatic N) is 3. The third-order valence-electron chi connectivity index (χ3n) is 7.17. The second-order valence-corrected chi connectivity index (χ2v) is 11.1. The number of hydrogen-bond donors (Lipinski definition) is 0. The van der Waals surface area contributed by atoms with E-state index in [1.807, 2.05) is 60.7 Å². The van der Waals surface area contributed by atoms with Crippen molar-refractivity contribution in [2.24, 2.45) is 4.99 Å². The molecule has 0 radical (unpaired) electrons. The summed E-state index contributed by atoms with van der Waals surface area (Å²) in [6.07, 6.45) is 1.70. The molecule has 1 aliphatic heterocycles. The highest BCUT2D eigenvalue weighted by Gasteiger charge is 2.35. The van der Waals surface area contributed by atoms with Gasteiger partial charge in [-0.05, 0) is 42.3 Å². The second-order valence-electron chi connectivity index (χ2n) is 10.1. The summed E-state index contributed by atoms with van der Waals surface area (Å²) in [6.45, 7) is 1.89. The van der Waals surface area contributed by atoms with E-state index in [2.05, 4.69) is 0 Å². The van der Waals surface area contributed by atoms with E-state index in [4.69, 9.17) is 14.5 Å². The highest BCUT2D eigenvalue weighted by atomic mass is 32.1. The van der Waals surface area contributed by atoms with Crippen molar-refractivity contribution in [1.82, 2.24) is 4.57 Å². The van der Waals surface area contributed by atoms with Gasteiger partial charge in [0.1, 0.15) is 5.75 Å². The maximum Gasteiger partial charge on any atom is 0.343 e. The summed E-state index contributed by atoms with van der Waals surface area (Å²) < 4.78 is 12.8. The van der Waals surface area contributed by atoms with E-state index in [1.165, 1.54) is 34.1 Å². The summed E-state index contributed by atoms with van der Waals surface area (Å²) in [5, 5.41) is 11.1. The summed E-state index contributed by atoms with van der Waals surface area (Å²) >= 11 is 1.20. The summed E-state index contributed by atoms with van der Waals surface area (Å²) in [5.74, 6) is -1.06. The van der Waals surface area contributed by atoms with Crippen LogP contribution in [0.25, 0.3) is 11.8 Å². The predicted octanol–water partition coefficient (Wildman–Crippen LogP) is 5.06. The minimum atomic E-state index is -0.774. The van der Waals surface area contributed by atoms with Crippen molar-refractivity contribution in [3.63, 3.8) is 0 Å². The molecule has 5 aromatic rings. The molecule has 0 saturated heterocycles. The lowest BCUT2D eigenvalue weighted by Gasteiger charge is -2.25. The number of fused-ring (bicyclic) bond motifs is 1. The van der Waals surface area contributed by atoms with Gasteiger partial charge < -0.3 is 9.47 Å². The van der Waals surface area contributed by atoms with Crippen LogP contribution in [0.4, 0.5) is 5.69 Å². The van der Waals surface area contributed by atoms with E-state index in [9.17, 15) is 24.5 Å². The van der Waals surface area contributed by atoms with Crippen LogP contribution in [0.1, 0.15) is 40.0 Å². The zero-order valence-electron chi connectivity index (χ0n) is 24.4. The van der Waals surface area contributed by atoms with E-state index in [0.717, 1.165) is 17.2 Å². The molecule has 6 rings (SSSR count). The molecule has 0 aliphatic carbocycles. The number of non-ortho nitro benzene ring substituents is 1. The zero-order chi connectivity index (χ0) is 32.2. The molecule has 0 amide bonds. The van der Waals surface area contributed by atoms with E-state index < -0.39 is 22.9 Å². The van der Waals surface area contributed by atoms with Gasteiger partial charge in [-0.25, -0.2) is 14.6 Å². The Kier molecular flexibility index (Phi) is 8.48. The molecule has 0 fully saturated rings. The van der Waals surface area contributed by atoms with Crippen LogP contribution in [-0.2, 0) is 9.53 Å². The molecular formula is C35H25N3O7S. The lowest BCUT2D eigenvalue weighted by Crippen LogP contribution is -2.39. The van der Waals surface area contributed by atoms with Gasteiger partial charge in [-0.3, -0.25) is 19.5 Å². The molecule has 11 heteroatoms. The van der Waals surface area contributed by atoms with Crippen molar-refractivity contribution >= 4 is 40.7 Å². The molecule has 0 N–H and O–H groups in total. The number of benzene rings is 4. The van der Waals surface area contributed by atoms with Crippen LogP contribution in [0.2, 0.25) is 0 Å². The lowest BCUT2D eigenvalue weighted by molar-refractivity contribution is -0.384. The number of thiazole rings is 1. The number of nitro groups is 1. The fourth-order valence-corrected chi connectivity index (χ4v) is 6.09. The normalized spacial score (nSPS) is 14.3. The van der Waals surface area contributed by atoms with Gasteiger partial charge in [0.05, 0.1) is 38.9 Å². The van der Waals surface area contributed by atoms with E-state index in [0.29, 0.717) is 20.6 Å². The number of ether oxygens (including phenoxy) is 2. The number of rotatable bonds is 8. The number of esters is 2. The van der Waals surface area contributed by atoms with Crippen LogP contribution in [-0.4, -0.2) is 28.0 Å². The standard InChI is InChI=1S/C35H25N3O7S/c1-2-44-34(41)29-30(23-10-5-3-6-11-23)36-35-37(31(29)24-12-7-4-8-13-24)32(39)28(46-35)20-22-16-18-27(19-17-22)45-33(40)25-14-9-15-26(21-25)38(42)43/h3-21,31H,2H2,1H3/b28-20-/t31-/m1/s1. The average Bonchev–Trinajstić information content (AvgIpc) is 3.39. The van der Waals surface area contributed by atoms with Crippen molar-refractivity contribution in [2.75, 3.05) is 6.61 Å². The molecular weight excluding hydrogens is 606 g/mol. The number of carbonyl (C=O) groups excluding carboxylic acids is 2. The largest absolute Gasteiger partial charge is 0.463 e. The van der Waals surface area contributed by atoms with Crippen LogP contribution in [0.15, 0.2) is 125 Å². The maximum absolute atomic E-state index is 14.0. The Morgan fingerprint density at radius 3 is 2.30 bits per heavy atom. The van der Waals surface area contributed by atoms with E-state index in [-0.39, 0.29) is 34.7 Å². The smallest absolute Gasteiger partial charge is 0.343 e. The zero-order valence-corrected chi connectivity index (χ0v) is 25.2. The van der Waals surface area contributed by atoms with Gasteiger partial charge in [0.15, 0.2) is 4.80 Å². The molecule has 0 bridgehead atoms. The van der Waals surface area contributed by atoms with E-state index in [1.54, 1.807) is 37.3 Å². The fraction of sp³-hybridized carbons (Fsp3) is 0.0857. The first kappa shape index (κ1) is 30.1. The monoisotopic (exact) mass is 631 g/mol. The predicted molar refractivity (Wildman–Crippen MR) is 172 cm³/mol. The van der Waals surface area contributed by atoms with Gasteiger partial charge in [0, 0.05) is 17.7 Å². The summed E-state index contributed by atoms with van der Waals surface area (Å²) in [6, 6.07) is 29.6. The highest BCUT2D eigenvalue weighted by Crippen LogP contribution is 2.35. The Labute approximate surface area is 266 Å². The van der Waals surface area contributed by atoms with Crippen LogP contribution in [0.5, 0.6) is 5.75 Å². The van der Waals surface area contributed by atoms with Crippen LogP contribution in [0, 0.1) is 10.1 Å². The summed E-state index contributed by atoms with van der Waals surface area (Å²) in [4.78, 5) is 55.8. The number of nitro benzene ring substituents is 1. The Morgan fingerprint density at radius 1 is 0.935 bits per heavy atom. The van der Waals surface area contributed by atoms with Crippen molar-refractivity contribution in [3.8, 4) is 5.75 Å². The van der Waals surface area contributed by atoms with Gasteiger partial charge in [0.25, 0.3) is 11.2 Å². The first-order valence-electron chi connectivity index (χ1n) is 14.2. The molecule has 4 aromatic carbocycles. The van der Waals surface area contributed by atoms with Crippen molar-refractivity contribution in [1.29, 1.82) is 0 Å². The topological polar surface area (TPSA) is 130 Å². The second kappa shape index (κ2) is 13.0. The van der Waals surface area contributed by atoms with Crippen molar-refractivity contribution in [2.45, 2.75) is 13.0 Å². The average molecular weight is 632 g/mol. The molecule has 0 spiro atoms. The lowest BCUT2D eigenvalue weighted by atomic mass is 9.93. The number of hydrogen-bond acceptors (Lipinski definition) is 9. The van der Waals surface area contributed by atoms with Gasteiger partial charge in [-0.15, -0.1) is 0 Å². The summed E-state index contributed by atoms with van der Waals surface area (Å²) in [5.41, 5.74) is 2.33. The molecule has 0 unspecified atom stereocenters. The van der Waals surface area contributed by atoms with Crippen LogP contribution in [0.3, 0.4) is 0 Å². The molecule has 1 aromatic heterocycles. The molecule has 1 aliphatic rings. The maximum atomic E-state index is 14.0. The molecule has 10 nitrogen and oxygen atoms in total. The Bertz CT molecular complexity index is 2170. The molecule has 0 saturated carbocycles. The first-order valence-corrected chi connectivity index (χ1v) is 15.1. The summed E-state index contributed by atoms with van der Waals surface area (Å²) in [7, 11) is 0. The Hall–Kier alpha value is -5.94. The SMILES string of the molecule is CCOC(=O)C1=C(c2ccccc2)N=c2s/c(=C\c3ccc(OC(=O)c4cccc([N+](=O)[O-])c4)cc3)c(=O)n2[C@@H]1c1ccccc1. The first-order chi connectivity index (χ1) is 22.3. The Morgan fingerprint density at radius 2 is 1.63 bits per heavy atom. The quantitative estimate of drug-likeness (QED) is 0.101. The van der Waals surface area contributed by atoms with Crippen LogP contribution >= 0.6 is 11.3 Å².